The first-order valence-corrected chi connectivity index (χ1v) is 10.4. The van der Waals surface area contributed by atoms with Gasteiger partial charge in [0.1, 0.15) is 0 Å². The van der Waals surface area contributed by atoms with Gasteiger partial charge < -0.3 is 9.64 Å². The van der Waals surface area contributed by atoms with Crippen LogP contribution in [0.1, 0.15) is 50.2 Å². The second-order valence-corrected chi connectivity index (χ2v) is 8.17. The van der Waals surface area contributed by atoms with Crippen molar-refractivity contribution >= 4 is 29.6 Å². The molecule has 2 rings (SSSR count). The topological polar surface area (TPSA) is 64.4 Å². The van der Waals surface area contributed by atoms with Crippen molar-refractivity contribution in [2.24, 2.45) is 0 Å². The Morgan fingerprint density at radius 3 is 2.40 bits per heavy atom. The van der Waals surface area contributed by atoms with Crippen molar-refractivity contribution < 1.29 is 14.3 Å². The van der Waals surface area contributed by atoms with E-state index in [2.05, 4.69) is 5.10 Å². The third-order valence-corrected chi connectivity index (χ3v) is 5.21. The van der Waals surface area contributed by atoms with Gasteiger partial charge >= 0.3 is 5.97 Å². The van der Waals surface area contributed by atoms with E-state index in [0.29, 0.717) is 11.6 Å². The molecule has 0 unspecified atom stereocenters. The number of nitrogens with zero attached hydrogens (tertiary/aromatic N) is 3. The fourth-order valence-electron chi connectivity index (χ4n) is 3.47. The molecule has 2 aromatic rings. The van der Waals surface area contributed by atoms with E-state index in [1.165, 1.54) is 6.08 Å². The van der Waals surface area contributed by atoms with Gasteiger partial charge in [0, 0.05) is 34.4 Å². The lowest BCUT2D eigenvalue weighted by atomic mass is 10.1. The van der Waals surface area contributed by atoms with Gasteiger partial charge in [-0.05, 0) is 59.2 Å². The molecule has 1 amide bonds. The lowest BCUT2D eigenvalue weighted by Gasteiger charge is -2.30. The van der Waals surface area contributed by atoms with Crippen LogP contribution < -0.4 is 0 Å². The number of rotatable bonds is 8. The van der Waals surface area contributed by atoms with Gasteiger partial charge in [0.05, 0.1) is 12.2 Å². The molecule has 0 radical (unpaired) electrons. The number of amides is 1. The summed E-state index contributed by atoms with van der Waals surface area (Å²) in [5.74, 6) is -0.768. The molecule has 1 aromatic heterocycles. The number of hydrogen-bond acceptors (Lipinski definition) is 4. The van der Waals surface area contributed by atoms with Crippen molar-refractivity contribution in [2.75, 3.05) is 6.61 Å². The van der Waals surface area contributed by atoms with E-state index < -0.39 is 5.97 Å². The molecule has 0 aliphatic heterocycles. The SMILES string of the molecule is Cc1nn(Cc2ccccc2Cl)c(C)c1/C=C/C(=O)OCC(=O)N(C(C)C)C(C)C. The van der Waals surface area contributed by atoms with Gasteiger partial charge in [0.2, 0.25) is 0 Å². The Morgan fingerprint density at radius 2 is 1.80 bits per heavy atom. The molecule has 0 fully saturated rings. The van der Waals surface area contributed by atoms with Crippen LogP contribution in [0, 0.1) is 13.8 Å². The van der Waals surface area contributed by atoms with Crippen molar-refractivity contribution in [1.82, 2.24) is 14.7 Å². The molecule has 30 heavy (non-hydrogen) atoms. The summed E-state index contributed by atoms with van der Waals surface area (Å²) in [6, 6.07) is 7.71. The third-order valence-electron chi connectivity index (χ3n) is 4.84. The van der Waals surface area contributed by atoms with Crippen molar-refractivity contribution in [2.45, 2.75) is 60.2 Å². The number of esters is 1. The molecule has 0 saturated carbocycles. The van der Waals surface area contributed by atoms with Crippen LogP contribution in [0.2, 0.25) is 5.02 Å². The molecule has 0 aliphatic carbocycles. The van der Waals surface area contributed by atoms with Crippen LogP contribution in [0.4, 0.5) is 0 Å². The molecule has 1 heterocycles. The first-order valence-electron chi connectivity index (χ1n) is 10.0. The predicted molar refractivity (Wildman–Crippen MR) is 119 cm³/mol. The van der Waals surface area contributed by atoms with E-state index in [0.717, 1.165) is 22.5 Å². The molecule has 0 bridgehead atoms. The summed E-state index contributed by atoms with van der Waals surface area (Å²) in [6.45, 7) is 11.8. The number of benzene rings is 1. The van der Waals surface area contributed by atoms with Gasteiger partial charge in [-0.3, -0.25) is 9.48 Å². The Labute approximate surface area is 183 Å². The minimum Gasteiger partial charge on any atom is -0.452 e. The Kier molecular flexibility index (Phi) is 8.24. The van der Waals surface area contributed by atoms with Crippen molar-refractivity contribution in [1.29, 1.82) is 0 Å². The van der Waals surface area contributed by atoms with Gasteiger partial charge in [-0.2, -0.15) is 5.10 Å². The van der Waals surface area contributed by atoms with Gasteiger partial charge in [0.25, 0.3) is 5.91 Å². The minimum atomic E-state index is -0.562. The van der Waals surface area contributed by atoms with Crippen LogP contribution in [0.15, 0.2) is 30.3 Å². The summed E-state index contributed by atoms with van der Waals surface area (Å²) in [5, 5.41) is 5.24. The maximum absolute atomic E-state index is 12.3. The molecule has 7 heteroatoms. The van der Waals surface area contributed by atoms with E-state index in [4.69, 9.17) is 16.3 Å². The second kappa shape index (κ2) is 10.4. The lowest BCUT2D eigenvalue weighted by molar-refractivity contribution is -0.150. The molecular weight excluding hydrogens is 402 g/mol. The molecule has 162 valence electrons. The average Bonchev–Trinajstić information content (AvgIpc) is 2.92. The van der Waals surface area contributed by atoms with E-state index in [1.807, 2.05) is 70.5 Å². The molecule has 0 atom stereocenters. The van der Waals surface area contributed by atoms with Crippen molar-refractivity contribution in [3.05, 3.63) is 57.9 Å². The number of carbonyl (C=O) groups is 2. The fraction of sp³-hybridized carbons (Fsp3) is 0.435. The van der Waals surface area contributed by atoms with Crippen molar-refractivity contribution in [3.63, 3.8) is 0 Å². The first-order chi connectivity index (χ1) is 14.1. The first kappa shape index (κ1) is 23.7. The number of aryl methyl sites for hydroxylation is 1. The largest absolute Gasteiger partial charge is 0.452 e. The normalized spacial score (nSPS) is 11.5. The van der Waals surface area contributed by atoms with Gasteiger partial charge in [-0.1, -0.05) is 29.8 Å². The quantitative estimate of drug-likeness (QED) is 0.459. The molecule has 1 aromatic carbocycles. The summed E-state index contributed by atoms with van der Waals surface area (Å²) in [4.78, 5) is 26.1. The third kappa shape index (κ3) is 5.95. The van der Waals surface area contributed by atoms with E-state index in [-0.39, 0.29) is 24.6 Å². The Hall–Kier alpha value is -2.60. The smallest absolute Gasteiger partial charge is 0.331 e. The highest BCUT2D eigenvalue weighted by Gasteiger charge is 2.21. The highest BCUT2D eigenvalue weighted by molar-refractivity contribution is 6.31. The monoisotopic (exact) mass is 431 g/mol. The van der Waals surface area contributed by atoms with Crippen LogP contribution in [0.25, 0.3) is 6.08 Å². The number of halogens is 1. The molecule has 0 aliphatic rings. The molecule has 0 spiro atoms. The van der Waals surface area contributed by atoms with Gasteiger partial charge in [-0.25, -0.2) is 4.79 Å². The standard InChI is InChI=1S/C23H30ClN3O3/c1-15(2)27(16(3)4)22(28)14-30-23(29)12-11-20-17(5)25-26(18(20)6)13-19-9-7-8-10-21(19)24/h7-12,15-16H,13-14H2,1-6H3/b12-11+. The second-order valence-electron chi connectivity index (χ2n) is 7.76. The zero-order valence-electron chi connectivity index (χ0n) is 18.5. The number of ether oxygens (including phenoxy) is 1. The summed E-state index contributed by atoms with van der Waals surface area (Å²) < 4.78 is 7.00. The highest BCUT2D eigenvalue weighted by atomic mass is 35.5. The number of aromatic nitrogens is 2. The van der Waals surface area contributed by atoms with Crippen LogP contribution in [-0.4, -0.2) is 45.2 Å². The summed E-state index contributed by atoms with van der Waals surface area (Å²) in [5.41, 5.74) is 3.53. The molecule has 0 N–H and O–H groups in total. The van der Waals surface area contributed by atoms with E-state index >= 15 is 0 Å². The number of hydrogen-bond donors (Lipinski definition) is 0. The lowest BCUT2D eigenvalue weighted by Crippen LogP contribution is -2.44. The number of carbonyl (C=O) groups excluding carboxylic acids is 2. The maximum atomic E-state index is 12.3. The molecule has 6 nitrogen and oxygen atoms in total. The van der Waals surface area contributed by atoms with Crippen LogP contribution in [0.5, 0.6) is 0 Å². The maximum Gasteiger partial charge on any atom is 0.331 e. The zero-order chi connectivity index (χ0) is 22.4. The van der Waals surface area contributed by atoms with Gasteiger partial charge in [0.15, 0.2) is 6.61 Å². The zero-order valence-corrected chi connectivity index (χ0v) is 19.2. The Morgan fingerprint density at radius 1 is 1.17 bits per heavy atom. The minimum absolute atomic E-state index is 0.0426. The van der Waals surface area contributed by atoms with Gasteiger partial charge in [-0.15, -0.1) is 0 Å². The predicted octanol–water partition coefficient (Wildman–Crippen LogP) is 4.40. The highest BCUT2D eigenvalue weighted by Crippen LogP contribution is 2.20. The van der Waals surface area contributed by atoms with E-state index in [9.17, 15) is 9.59 Å². The van der Waals surface area contributed by atoms with Crippen molar-refractivity contribution in [3.8, 4) is 0 Å². The Balaban J connectivity index is 2.04. The van der Waals surface area contributed by atoms with Crippen LogP contribution >= 0.6 is 11.6 Å². The van der Waals surface area contributed by atoms with E-state index in [1.54, 1.807) is 11.0 Å². The summed E-state index contributed by atoms with van der Waals surface area (Å²) in [6.07, 6.45) is 3.01. The average molecular weight is 432 g/mol. The Bertz CT molecular complexity index is 924. The fourth-order valence-corrected chi connectivity index (χ4v) is 3.67. The summed E-state index contributed by atoms with van der Waals surface area (Å²) in [7, 11) is 0. The molecule has 0 saturated heterocycles. The molecular formula is C23H30ClN3O3. The summed E-state index contributed by atoms with van der Waals surface area (Å²) >= 11 is 6.25. The van der Waals surface area contributed by atoms with Crippen LogP contribution in [0.3, 0.4) is 0 Å². The van der Waals surface area contributed by atoms with Crippen LogP contribution in [-0.2, 0) is 20.9 Å².